The minimum Gasteiger partial charge on any atom is -0.502 e. The summed E-state index contributed by atoms with van der Waals surface area (Å²) in [6, 6.07) is 10.4. The van der Waals surface area contributed by atoms with E-state index in [-0.39, 0.29) is 5.69 Å². The molecule has 0 aliphatic carbocycles. The second-order valence-corrected chi connectivity index (χ2v) is 3.97. The lowest BCUT2D eigenvalue weighted by atomic mass is 10.0. The lowest BCUT2D eigenvalue weighted by Crippen LogP contribution is -2.06. The van der Waals surface area contributed by atoms with E-state index in [1.807, 2.05) is 0 Å². The van der Waals surface area contributed by atoms with Crippen LogP contribution in [0.4, 0.5) is 16.2 Å². The van der Waals surface area contributed by atoms with Crippen molar-refractivity contribution >= 4 is 17.5 Å². The van der Waals surface area contributed by atoms with Gasteiger partial charge in [0.25, 0.3) is 0 Å². The summed E-state index contributed by atoms with van der Waals surface area (Å²) < 4.78 is 0. The molecular formula is C13H10N2O5. The minimum atomic E-state index is -1.17. The van der Waals surface area contributed by atoms with Crippen LogP contribution >= 0.6 is 0 Å². The average molecular weight is 274 g/mol. The molecule has 2 aromatic rings. The van der Waals surface area contributed by atoms with Crippen molar-refractivity contribution in [3.8, 4) is 16.9 Å². The third kappa shape index (κ3) is 2.83. The van der Waals surface area contributed by atoms with Gasteiger partial charge in [-0.1, -0.05) is 18.2 Å². The molecule has 0 saturated heterocycles. The van der Waals surface area contributed by atoms with E-state index >= 15 is 0 Å². The van der Waals surface area contributed by atoms with Crippen LogP contribution in [0.15, 0.2) is 42.5 Å². The topological polar surface area (TPSA) is 113 Å². The van der Waals surface area contributed by atoms with Crippen molar-refractivity contribution in [2.24, 2.45) is 0 Å². The normalized spacial score (nSPS) is 10.0. The Morgan fingerprint density at radius 3 is 2.25 bits per heavy atom. The van der Waals surface area contributed by atoms with Crippen LogP contribution < -0.4 is 5.32 Å². The van der Waals surface area contributed by atoms with E-state index in [1.165, 1.54) is 12.1 Å². The Kier molecular flexibility index (Phi) is 3.52. The average Bonchev–Trinajstić information content (AvgIpc) is 2.39. The Morgan fingerprint density at radius 1 is 1.10 bits per heavy atom. The number of nitro benzene ring substituents is 1. The molecule has 0 aliphatic rings. The first-order valence-electron chi connectivity index (χ1n) is 5.55. The molecule has 2 aromatic carbocycles. The summed E-state index contributed by atoms with van der Waals surface area (Å²) in [5.74, 6) is -0.400. The quantitative estimate of drug-likeness (QED) is 0.588. The van der Waals surface area contributed by atoms with E-state index in [2.05, 4.69) is 5.32 Å². The van der Waals surface area contributed by atoms with Crippen LogP contribution in [0.3, 0.4) is 0 Å². The van der Waals surface area contributed by atoms with Gasteiger partial charge >= 0.3 is 11.8 Å². The van der Waals surface area contributed by atoms with Gasteiger partial charge in [0.2, 0.25) is 0 Å². The van der Waals surface area contributed by atoms with Gasteiger partial charge in [-0.15, -0.1) is 0 Å². The maximum absolute atomic E-state index is 10.8. The highest BCUT2D eigenvalue weighted by Crippen LogP contribution is 2.31. The second kappa shape index (κ2) is 5.27. The molecule has 3 N–H and O–H groups in total. The van der Waals surface area contributed by atoms with Gasteiger partial charge in [-0.25, -0.2) is 4.79 Å². The highest BCUT2D eigenvalue weighted by molar-refractivity contribution is 5.83. The highest BCUT2D eigenvalue weighted by atomic mass is 16.6. The van der Waals surface area contributed by atoms with E-state index < -0.39 is 16.8 Å². The van der Waals surface area contributed by atoms with E-state index in [9.17, 15) is 20.0 Å². The Hall–Kier alpha value is -3.09. The Bertz CT molecular complexity index is 667. The fourth-order valence-electron chi connectivity index (χ4n) is 1.72. The summed E-state index contributed by atoms with van der Waals surface area (Å²) in [6.45, 7) is 0. The number of nitro groups is 1. The smallest absolute Gasteiger partial charge is 0.409 e. The second-order valence-electron chi connectivity index (χ2n) is 3.97. The van der Waals surface area contributed by atoms with Crippen molar-refractivity contribution < 1.29 is 19.9 Å². The summed E-state index contributed by atoms with van der Waals surface area (Å²) in [5.41, 5.74) is 1.24. The van der Waals surface area contributed by atoms with Gasteiger partial charge in [0, 0.05) is 11.8 Å². The number of phenols is 1. The lowest BCUT2D eigenvalue weighted by Gasteiger charge is -2.05. The number of carboxylic acid groups (broad SMARTS) is 1. The largest absolute Gasteiger partial charge is 0.502 e. The number of hydrogen-bond acceptors (Lipinski definition) is 4. The number of nitrogens with one attached hydrogen (secondary N) is 1. The SMILES string of the molecule is O=C(O)Nc1ccc(-c2ccc(O)c([N+](=O)[O-])c2)cc1. The van der Waals surface area contributed by atoms with Crippen molar-refractivity contribution in [1.82, 2.24) is 0 Å². The Morgan fingerprint density at radius 2 is 1.70 bits per heavy atom. The number of amides is 1. The molecule has 0 bridgehead atoms. The number of benzene rings is 2. The van der Waals surface area contributed by atoms with Crippen molar-refractivity contribution in [1.29, 1.82) is 0 Å². The van der Waals surface area contributed by atoms with Crippen molar-refractivity contribution in [2.45, 2.75) is 0 Å². The summed E-state index contributed by atoms with van der Waals surface area (Å²) in [4.78, 5) is 20.6. The number of anilines is 1. The number of rotatable bonds is 3. The van der Waals surface area contributed by atoms with E-state index in [0.29, 0.717) is 16.8 Å². The molecule has 0 atom stereocenters. The number of nitrogens with zero attached hydrogens (tertiary/aromatic N) is 1. The zero-order valence-corrected chi connectivity index (χ0v) is 10.1. The molecule has 0 saturated carbocycles. The minimum absolute atomic E-state index is 0.379. The first kappa shape index (κ1) is 13.3. The molecule has 0 radical (unpaired) electrons. The van der Waals surface area contributed by atoms with Crippen LogP contribution in [-0.2, 0) is 0 Å². The molecule has 1 amide bonds. The van der Waals surface area contributed by atoms with Crippen LogP contribution in [-0.4, -0.2) is 21.2 Å². The van der Waals surface area contributed by atoms with E-state index in [1.54, 1.807) is 30.3 Å². The lowest BCUT2D eigenvalue weighted by molar-refractivity contribution is -0.385. The number of aromatic hydroxyl groups is 1. The third-order valence-corrected chi connectivity index (χ3v) is 2.64. The molecule has 0 heterocycles. The molecule has 0 aromatic heterocycles. The number of hydrogen-bond donors (Lipinski definition) is 3. The summed E-state index contributed by atoms with van der Waals surface area (Å²) in [5, 5.41) is 30.9. The van der Waals surface area contributed by atoms with Gasteiger partial charge in [0.15, 0.2) is 5.75 Å². The molecule has 2 rings (SSSR count). The van der Waals surface area contributed by atoms with Crippen molar-refractivity contribution in [3.05, 3.63) is 52.6 Å². The van der Waals surface area contributed by atoms with Gasteiger partial charge in [-0.2, -0.15) is 0 Å². The summed E-state index contributed by atoms with van der Waals surface area (Å²) in [7, 11) is 0. The summed E-state index contributed by atoms with van der Waals surface area (Å²) in [6.07, 6.45) is -1.17. The van der Waals surface area contributed by atoms with Gasteiger partial charge in [0.05, 0.1) is 4.92 Å². The zero-order chi connectivity index (χ0) is 14.7. The molecule has 0 spiro atoms. The highest BCUT2D eigenvalue weighted by Gasteiger charge is 2.14. The monoisotopic (exact) mass is 274 g/mol. The van der Waals surface area contributed by atoms with Gasteiger partial charge in [-0.05, 0) is 29.3 Å². The molecule has 0 fully saturated rings. The van der Waals surface area contributed by atoms with E-state index in [4.69, 9.17) is 5.11 Å². The fraction of sp³-hybridized carbons (Fsp3) is 0. The van der Waals surface area contributed by atoms with Crippen molar-refractivity contribution in [2.75, 3.05) is 5.32 Å². The standard InChI is InChI=1S/C13H10N2O5/c16-12-6-3-9(7-11(12)15(19)20)8-1-4-10(5-2-8)14-13(17)18/h1-7,14,16H,(H,17,18). The Balaban J connectivity index is 2.34. The molecule has 0 unspecified atom stereocenters. The van der Waals surface area contributed by atoms with E-state index in [0.717, 1.165) is 0 Å². The molecular weight excluding hydrogens is 264 g/mol. The zero-order valence-electron chi connectivity index (χ0n) is 10.1. The van der Waals surface area contributed by atoms with Crippen LogP contribution in [0.5, 0.6) is 5.75 Å². The van der Waals surface area contributed by atoms with Crippen molar-refractivity contribution in [3.63, 3.8) is 0 Å². The summed E-state index contributed by atoms with van der Waals surface area (Å²) >= 11 is 0. The number of carbonyl (C=O) groups is 1. The number of phenolic OH excluding ortho intramolecular Hbond substituents is 1. The van der Waals surface area contributed by atoms with Crippen LogP contribution in [0.25, 0.3) is 11.1 Å². The first-order valence-corrected chi connectivity index (χ1v) is 5.55. The van der Waals surface area contributed by atoms with Gasteiger partial charge in [0.1, 0.15) is 0 Å². The maximum Gasteiger partial charge on any atom is 0.409 e. The molecule has 102 valence electrons. The van der Waals surface area contributed by atoms with Crippen LogP contribution in [0, 0.1) is 10.1 Å². The maximum atomic E-state index is 10.8. The fourth-order valence-corrected chi connectivity index (χ4v) is 1.72. The van der Waals surface area contributed by atoms with Gasteiger partial charge < -0.3 is 10.2 Å². The first-order chi connectivity index (χ1) is 9.47. The molecule has 7 heteroatoms. The molecule has 0 aliphatic heterocycles. The predicted octanol–water partition coefficient (Wildman–Crippen LogP) is 3.06. The Labute approximate surface area is 113 Å². The van der Waals surface area contributed by atoms with Crippen LogP contribution in [0.2, 0.25) is 0 Å². The third-order valence-electron chi connectivity index (χ3n) is 2.64. The van der Waals surface area contributed by atoms with Gasteiger partial charge in [-0.3, -0.25) is 15.4 Å². The predicted molar refractivity (Wildman–Crippen MR) is 71.8 cm³/mol. The molecule has 7 nitrogen and oxygen atoms in total. The van der Waals surface area contributed by atoms with Crippen LogP contribution in [0.1, 0.15) is 0 Å². The molecule has 20 heavy (non-hydrogen) atoms.